The number of rotatable bonds is 13. The average molecular weight is 441 g/mol. The molecule has 0 aromatic heterocycles. The van der Waals surface area contributed by atoms with Crippen molar-refractivity contribution < 1.29 is 23.9 Å². The zero-order valence-electron chi connectivity index (χ0n) is 18.6. The van der Waals surface area contributed by atoms with Crippen molar-refractivity contribution in [2.75, 3.05) is 13.2 Å². The molecular formula is C25H32N2O5. The van der Waals surface area contributed by atoms with E-state index >= 15 is 0 Å². The Morgan fingerprint density at radius 3 is 2.28 bits per heavy atom. The van der Waals surface area contributed by atoms with E-state index in [0.29, 0.717) is 24.3 Å². The number of nitrogens with one attached hydrogen (secondary N) is 2. The number of hydrogen-bond donors (Lipinski definition) is 2. The standard InChI is InChI=1S/C25H32N2O5/c1-2-3-4-8-18-31-22-13-11-21(12-14-22)25(30)27-26-23(28)15-16-24(29)32-19-17-20-9-6-5-7-10-20/h5-7,9-14H,2-4,8,15-19H2,1H3,(H,26,28)(H,27,30). The minimum Gasteiger partial charge on any atom is -0.494 e. The smallest absolute Gasteiger partial charge is 0.306 e. The first-order valence-corrected chi connectivity index (χ1v) is 11.1. The summed E-state index contributed by atoms with van der Waals surface area (Å²) in [5.74, 6) is -0.663. The predicted molar refractivity (Wildman–Crippen MR) is 122 cm³/mol. The van der Waals surface area contributed by atoms with Gasteiger partial charge in [-0.1, -0.05) is 56.5 Å². The summed E-state index contributed by atoms with van der Waals surface area (Å²) in [6.45, 7) is 3.07. The van der Waals surface area contributed by atoms with Gasteiger partial charge in [-0.15, -0.1) is 0 Å². The number of carbonyl (C=O) groups excluding carboxylic acids is 3. The monoisotopic (exact) mass is 440 g/mol. The van der Waals surface area contributed by atoms with Crippen molar-refractivity contribution in [3.05, 3.63) is 65.7 Å². The van der Waals surface area contributed by atoms with E-state index in [0.717, 1.165) is 18.4 Å². The zero-order valence-corrected chi connectivity index (χ0v) is 18.6. The second-order valence-electron chi connectivity index (χ2n) is 7.39. The molecule has 0 atom stereocenters. The largest absolute Gasteiger partial charge is 0.494 e. The first-order valence-electron chi connectivity index (χ1n) is 11.1. The van der Waals surface area contributed by atoms with Gasteiger partial charge in [-0.2, -0.15) is 0 Å². The molecule has 0 unspecified atom stereocenters. The van der Waals surface area contributed by atoms with Crippen LogP contribution < -0.4 is 15.6 Å². The maximum Gasteiger partial charge on any atom is 0.306 e. The van der Waals surface area contributed by atoms with E-state index in [4.69, 9.17) is 9.47 Å². The second-order valence-corrected chi connectivity index (χ2v) is 7.39. The lowest BCUT2D eigenvalue weighted by molar-refractivity contribution is -0.144. The van der Waals surface area contributed by atoms with Crippen LogP contribution >= 0.6 is 0 Å². The molecule has 2 aromatic carbocycles. The Balaban J connectivity index is 1.59. The van der Waals surface area contributed by atoms with Gasteiger partial charge in [-0.3, -0.25) is 25.2 Å². The molecule has 7 heteroatoms. The van der Waals surface area contributed by atoms with Gasteiger partial charge in [-0.25, -0.2) is 0 Å². The van der Waals surface area contributed by atoms with Crippen molar-refractivity contribution in [1.82, 2.24) is 10.9 Å². The third-order valence-electron chi connectivity index (χ3n) is 4.75. The normalized spacial score (nSPS) is 10.3. The number of carbonyl (C=O) groups is 3. The van der Waals surface area contributed by atoms with Gasteiger partial charge in [0.05, 0.1) is 19.6 Å². The number of amides is 2. The van der Waals surface area contributed by atoms with Crippen LogP contribution in [0.2, 0.25) is 0 Å². The number of unbranched alkanes of at least 4 members (excludes halogenated alkanes) is 3. The lowest BCUT2D eigenvalue weighted by atomic mass is 10.2. The summed E-state index contributed by atoms with van der Waals surface area (Å²) in [6.07, 6.45) is 5.02. The van der Waals surface area contributed by atoms with Crippen LogP contribution in [-0.2, 0) is 20.7 Å². The van der Waals surface area contributed by atoms with Crippen LogP contribution in [0.25, 0.3) is 0 Å². The molecular weight excluding hydrogens is 408 g/mol. The molecule has 0 heterocycles. The number of hydrogen-bond acceptors (Lipinski definition) is 5. The van der Waals surface area contributed by atoms with Gasteiger partial charge in [0, 0.05) is 18.4 Å². The average Bonchev–Trinajstić information content (AvgIpc) is 2.82. The zero-order chi connectivity index (χ0) is 23.0. The lowest BCUT2D eigenvalue weighted by Crippen LogP contribution is -2.41. The Bertz CT molecular complexity index is 837. The Morgan fingerprint density at radius 2 is 1.56 bits per heavy atom. The first-order chi connectivity index (χ1) is 15.6. The van der Waals surface area contributed by atoms with Crippen LogP contribution in [0.4, 0.5) is 0 Å². The van der Waals surface area contributed by atoms with Gasteiger partial charge in [0.25, 0.3) is 5.91 Å². The molecule has 0 saturated heterocycles. The molecule has 2 amide bonds. The van der Waals surface area contributed by atoms with Gasteiger partial charge in [0.15, 0.2) is 0 Å². The fourth-order valence-corrected chi connectivity index (χ4v) is 2.90. The molecule has 0 spiro atoms. The molecule has 172 valence electrons. The van der Waals surface area contributed by atoms with E-state index in [2.05, 4.69) is 17.8 Å². The molecule has 2 N–H and O–H groups in total. The minimum absolute atomic E-state index is 0.0548. The van der Waals surface area contributed by atoms with Crippen LogP contribution in [0.1, 0.15) is 61.4 Å². The van der Waals surface area contributed by atoms with Crippen LogP contribution in [0, 0.1) is 0 Å². The van der Waals surface area contributed by atoms with Gasteiger partial charge < -0.3 is 9.47 Å². The number of ether oxygens (including phenoxy) is 2. The second kappa shape index (κ2) is 14.6. The molecule has 0 aliphatic rings. The van der Waals surface area contributed by atoms with Crippen LogP contribution in [0.15, 0.2) is 54.6 Å². The van der Waals surface area contributed by atoms with Crippen LogP contribution in [0.3, 0.4) is 0 Å². The molecule has 0 bridgehead atoms. The number of hydrazine groups is 1. The maximum absolute atomic E-state index is 12.1. The first kappa shape index (κ1) is 24.9. The molecule has 0 aliphatic heterocycles. The molecule has 0 fully saturated rings. The molecule has 0 radical (unpaired) electrons. The number of benzene rings is 2. The van der Waals surface area contributed by atoms with E-state index in [1.54, 1.807) is 24.3 Å². The topological polar surface area (TPSA) is 93.7 Å². The minimum atomic E-state index is -0.467. The SMILES string of the molecule is CCCCCCOc1ccc(C(=O)NNC(=O)CCC(=O)OCCc2ccccc2)cc1. The van der Waals surface area contributed by atoms with Gasteiger partial charge in [0.2, 0.25) is 5.91 Å². The highest BCUT2D eigenvalue weighted by molar-refractivity contribution is 5.95. The fourth-order valence-electron chi connectivity index (χ4n) is 2.90. The van der Waals surface area contributed by atoms with Crippen molar-refractivity contribution in [1.29, 1.82) is 0 Å². The highest BCUT2D eigenvalue weighted by atomic mass is 16.5. The highest BCUT2D eigenvalue weighted by Crippen LogP contribution is 2.13. The van der Waals surface area contributed by atoms with Crippen LogP contribution in [0.5, 0.6) is 5.75 Å². The molecule has 0 aliphatic carbocycles. The van der Waals surface area contributed by atoms with Crippen molar-refractivity contribution in [2.24, 2.45) is 0 Å². The van der Waals surface area contributed by atoms with Crippen molar-refractivity contribution in [3.8, 4) is 5.75 Å². The maximum atomic E-state index is 12.1. The Kier molecular flexibility index (Phi) is 11.4. The summed E-state index contributed by atoms with van der Waals surface area (Å²) in [5.41, 5.74) is 6.12. The van der Waals surface area contributed by atoms with E-state index in [9.17, 15) is 14.4 Å². The van der Waals surface area contributed by atoms with E-state index in [-0.39, 0.29) is 19.4 Å². The summed E-state index contributed by atoms with van der Waals surface area (Å²) in [4.78, 5) is 35.8. The summed E-state index contributed by atoms with van der Waals surface area (Å²) in [5, 5.41) is 0. The summed E-state index contributed by atoms with van der Waals surface area (Å²) < 4.78 is 10.8. The van der Waals surface area contributed by atoms with Gasteiger partial charge in [0.1, 0.15) is 5.75 Å². The molecule has 2 aromatic rings. The molecule has 32 heavy (non-hydrogen) atoms. The van der Waals surface area contributed by atoms with E-state index in [1.165, 1.54) is 12.8 Å². The summed E-state index contributed by atoms with van der Waals surface area (Å²) >= 11 is 0. The van der Waals surface area contributed by atoms with Gasteiger partial charge in [-0.05, 0) is 36.2 Å². The quantitative estimate of drug-likeness (QED) is 0.279. The predicted octanol–water partition coefficient (Wildman–Crippen LogP) is 3.97. The third kappa shape index (κ3) is 10.1. The van der Waals surface area contributed by atoms with Crippen molar-refractivity contribution in [2.45, 2.75) is 51.9 Å². The Morgan fingerprint density at radius 1 is 0.812 bits per heavy atom. The Labute approximate surface area is 189 Å². The molecule has 2 rings (SSSR count). The summed E-state index contributed by atoms with van der Waals surface area (Å²) in [6, 6.07) is 16.4. The third-order valence-corrected chi connectivity index (χ3v) is 4.75. The Hall–Kier alpha value is -3.35. The highest BCUT2D eigenvalue weighted by Gasteiger charge is 2.10. The van der Waals surface area contributed by atoms with E-state index in [1.807, 2.05) is 30.3 Å². The molecule has 0 saturated carbocycles. The summed E-state index contributed by atoms with van der Waals surface area (Å²) in [7, 11) is 0. The van der Waals surface area contributed by atoms with Crippen LogP contribution in [-0.4, -0.2) is 31.0 Å². The number of esters is 1. The van der Waals surface area contributed by atoms with Gasteiger partial charge >= 0.3 is 5.97 Å². The molecule has 7 nitrogen and oxygen atoms in total. The fraction of sp³-hybridized carbons (Fsp3) is 0.400. The van der Waals surface area contributed by atoms with Crippen molar-refractivity contribution in [3.63, 3.8) is 0 Å². The lowest BCUT2D eigenvalue weighted by Gasteiger charge is -2.09. The van der Waals surface area contributed by atoms with E-state index < -0.39 is 17.8 Å². The van der Waals surface area contributed by atoms with Crippen molar-refractivity contribution >= 4 is 17.8 Å².